The van der Waals surface area contributed by atoms with Crippen molar-refractivity contribution in [2.75, 3.05) is 0 Å². The van der Waals surface area contributed by atoms with Crippen LogP contribution in [0.3, 0.4) is 0 Å². The Bertz CT molecular complexity index is 179. The lowest BCUT2D eigenvalue weighted by Crippen LogP contribution is -2.05. The van der Waals surface area contributed by atoms with Gasteiger partial charge in [0.05, 0.1) is 6.10 Å². The van der Waals surface area contributed by atoms with Gasteiger partial charge in [-0.05, 0) is 12.8 Å². The van der Waals surface area contributed by atoms with Gasteiger partial charge in [-0.2, -0.15) is 0 Å². The number of rotatable bonds is 17. The van der Waals surface area contributed by atoms with Gasteiger partial charge in [0.25, 0.3) is 0 Å². The lowest BCUT2D eigenvalue weighted by molar-refractivity contribution is 0.147. The largest absolute Gasteiger partial charge is 0.393 e. The maximum atomic E-state index is 9.84. The third-order valence-electron chi connectivity index (χ3n) is 4.53. The third-order valence-corrected chi connectivity index (χ3v) is 4.53. The predicted octanol–water partition coefficient (Wildman–Crippen LogP) is 7.02. The first-order valence-corrected chi connectivity index (χ1v) is 9.99. The topological polar surface area (TPSA) is 20.2 Å². The van der Waals surface area contributed by atoms with Gasteiger partial charge in [0.1, 0.15) is 0 Å². The van der Waals surface area contributed by atoms with Gasteiger partial charge in [-0.15, -0.1) is 0 Å². The Balaban J connectivity index is 3.05. The lowest BCUT2D eigenvalue weighted by atomic mass is 10.0. The van der Waals surface area contributed by atoms with Crippen LogP contribution < -0.4 is 0 Å². The highest BCUT2D eigenvalue weighted by molar-refractivity contribution is 4.57. The maximum absolute atomic E-state index is 9.84. The van der Waals surface area contributed by atoms with Crippen LogP contribution >= 0.6 is 0 Å². The minimum atomic E-state index is -0.0281. The molecule has 0 aromatic heterocycles. The molecule has 1 atom stereocenters. The highest BCUT2D eigenvalue weighted by Gasteiger charge is 2.03. The molecule has 0 aliphatic heterocycles. The fourth-order valence-corrected chi connectivity index (χ4v) is 3.00. The Hall–Kier alpha value is -0.0400. The summed E-state index contributed by atoms with van der Waals surface area (Å²) in [4.78, 5) is 0. The number of unbranched alkanes of at least 4 members (excludes halogenated alkanes) is 13. The van der Waals surface area contributed by atoms with Crippen molar-refractivity contribution >= 4 is 0 Å². The van der Waals surface area contributed by atoms with E-state index in [4.69, 9.17) is 0 Å². The molecule has 128 valence electrons. The first kappa shape index (κ1) is 21.0. The molecule has 0 rings (SSSR count). The Kier molecular flexibility index (Phi) is 18.0. The Morgan fingerprint density at radius 1 is 0.476 bits per heavy atom. The number of hydrogen-bond acceptors (Lipinski definition) is 1. The quantitative estimate of drug-likeness (QED) is 0.286. The fourth-order valence-electron chi connectivity index (χ4n) is 3.00. The molecule has 0 radical (unpaired) electrons. The summed E-state index contributed by atoms with van der Waals surface area (Å²) in [5.74, 6) is 0. The van der Waals surface area contributed by atoms with Crippen LogP contribution in [0.15, 0.2) is 0 Å². The smallest absolute Gasteiger partial charge is 0.0540 e. The molecule has 0 heterocycles. The van der Waals surface area contributed by atoms with Crippen molar-refractivity contribution in [1.29, 1.82) is 0 Å². The van der Waals surface area contributed by atoms with Crippen LogP contribution in [0, 0.1) is 0 Å². The fraction of sp³-hybridized carbons (Fsp3) is 1.00. The van der Waals surface area contributed by atoms with Crippen molar-refractivity contribution in [1.82, 2.24) is 0 Å². The molecule has 0 saturated heterocycles. The molecule has 0 spiro atoms. The van der Waals surface area contributed by atoms with Crippen LogP contribution in [0.1, 0.15) is 123 Å². The van der Waals surface area contributed by atoms with Gasteiger partial charge < -0.3 is 5.11 Å². The molecular weight excluding hydrogens is 256 g/mol. The van der Waals surface area contributed by atoms with E-state index in [2.05, 4.69) is 13.8 Å². The van der Waals surface area contributed by atoms with Crippen LogP contribution in [-0.4, -0.2) is 11.2 Å². The zero-order valence-corrected chi connectivity index (χ0v) is 15.0. The number of aliphatic hydroxyl groups excluding tert-OH is 1. The van der Waals surface area contributed by atoms with E-state index in [1.54, 1.807) is 0 Å². The molecule has 21 heavy (non-hydrogen) atoms. The molecule has 1 N–H and O–H groups in total. The monoisotopic (exact) mass is 298 g/mol. The molecule has 0 aromatic rings. The number of aliphatic hydroxyl groups is 1. The zero-order valence-electron chi connectivity index (χ0n) is 15.0. The highest BCUT2D eigenvalue weighted by Crippen LogP contribution is 2.14. The second-order valence-electron chi connectivity index (χ2n) is 6.83. The SMILES string of the molecule is CCCCCCCCCCCCCC[C@H](O)CCCCC. The van der Waals surface area contributed by atoms with E-state index < -0.39 is 0 Å². The molecule has 1 nitrogen and oxygen atoms in total. The molecule has 0 aromatic carbocycles. The second kappa shape index (κ2) is 18.0. The summed E-state index contributed by atoms with van der Waals surface area (Å²) in [6, 6.07) is 0. The van der Waals surface area contributed by atoms with Crippen molar-refractivity contribution in [3.05, 3.63) is 0 Å². The summed E-state index contributed by atoms with van der Waals surface area (Å²) < 4.78 is 0. The van der Waals surface area contributed by atoms with E-state index >= 15 is 0 Å². The average Bonchev–Trinajstić information content (AvgIpc) is 2.48. The Morgan fingerprint density at radius 2 is 0.762 bits per heavy atom. The minimum absolute atomic E-state index is 0.0281. The molecule has 0 unspecified atom stereocenters. The summed E-state index contributed by atoms with van der Waals surface area (Å²) in [6.07, 6.45) is 22.5. The molecule has 0 aliphatic rings. The van der Waals surface area contributed by atoms with Crippen molar-refractivity contribution in [2.24, 2.45) is 0 Å². The summed E-state index contributed by atoms with van der Waals surface area (Å²) in [6.45, 7) is 4.50. The molecule has 0 amide bonds. The number of hydrogen-bond donors (Lipinski definition) is 1. The van der Waals surface area contributed by atoms with E-state index in [9.17, 15) is 5.11 Å². The van der Waals surface area contributed by atoms with Gasteiger partial charge in [0.15, 0.2) is 0 Å². The van der Waals surface area contributed by atoms with Gasteiger partial charge >= 0.3 is 0 Å². The van der Waals surface area contributed by atoms with E-state index in [0.29, 0.717) is 0 Å². The summed E-state index contributed by atoms with van der Waals surface area (Å²) in [5.41, 5.74) is 0. The van der Waals surface area contributed by atoms with Crippen LogP contribution in [0.5, 0.6) is 0 Å². The third kappa shape index (κ3) is 17.9. The average molecular weight is 299 g/mol. The van der Waals surface area contributed by atoms with Gasteiger partial charge in [-0.25, -0.2) is 0 Å². The van der Waals surface area contributed by atoms with E-state index in [1.807, 2.05) is 0 Å². The van der Waals surface area contributed by atoms with Crippen LogP contribution in [0.4, 0.5) is 0 Å². The molecule has 0 aliphatic carbocycles. The summed E-state index contributed by atoms with van der Waals surface area (Å²) in [5, 5.41) is 9.84. The zero-order chi connectivity index (χ0) is 15.6. The molecule has 1 heteroatoms. The van der Waals surface area contributed by atoms with E-state index in [1.165, 1.54) is 96.3 Å². The summed E-state index contributed by atoms with van der Waals surface area (Å²) >= 11 is 0. The minimum Gasteiger partial charge on any atom is -0.393 e. The van der Waals surface area contributed by atoms with Crippen LogP contribution in [-0.2, 0) is 0 Å². The first-order chi connectivity index (χ1) is 10.3. The predicted molar refractivity (Wildman–Crippen MR) is 95.8 cm³/mol. The normalized spacial score (nSPS) is 12.7. The lowest BCUT2D eigenvalue weighted by Gasteiger charge is -2.09. The van der Waals surface area contributed by atoms with Crippen molar-refractivity contribution in [2.45, 2.75) is 129 Å². The van der Waals surface area contributed by atoms with Crippen molar-refractivity contribution in [3.63, 3.8) is 0 Å². The first-order valence-electron chi connectivity index (χ1n) is 9.99. The standard InChI is InChI=1S/C20H42O/c1-3-5-7-8-9-10-11-12-13-14-15-17-19-20(21)18-16-6-4-2/h20-21H,3-19H2,1-2H3/t20-/m1/s1. The van der Waals surface area contributed by atoms with E-state index in [-0.39, 0.29) is 6.10 Å². The van der Waals surface area contributed by atoms with Crippen LogP contribution in [0.2, 0.25) is 0 Å². The van der Waals surface area contributed by atoms with Gasteiger partial charge in [-0.1, -0.05) is 110 Å². The van der Waals surface area contributed by atoms with Crippen molar-refractivity contribution < 1.29 is 5.11 Å². The molecule has 0 bridgehead atoms. The molecule has 0 fully saturated rings. The summed E-state index contributed by atoms with van der Waals surface area (Å²) in [7, 11) is 0. The highest BCUT2D eigenvalue weighted by atomic mass is 16.3. The molecule has 0 saturated carbocycles. The van der Waals surface area contributed by atoms with Crippen molar-refractivity contribution in [3.8, 4) is 0 Å². The van der Waals surface area contributed by atoms with E-state index in [0.717, 1.165) is 12.8 Å². The molecular formula is C20H42O. The maximum Gasteiger partial charge on any atom is 0.0540 e. The van der Waals surface area contributed by atoms with Gasteiger partial charge in [0.2, 0.25) is 0 Å². The van der Waals surface area contributed by atoms with Crippen LogP contribution in [0.25, 0.3) is 0 Å². The van der Waals surface area contributed by atoms with Gasteiger partial charge in [0, 0.05) is 0 Å². The second-order valence-corrected chi connectivity index (χ2v) is 6.83. The van der Waals surface area contributed by atoms with Gasteiger partial charge in [-0.3, -0.25) is 0 Å². The Labute approximate surface area is 134 Å². The Morgan fingerprint density at radius 3 is 1.19 bits per heavy atom.